The molecule has 0 aliphatic carbocycles. The summed E-state index contributed by atoms with van der Waals surface area (Å²) in [5, 5.41) is 29.7. The van der Waals surface area contributed by atoms with Crippen molar-refractivity contribution in [2.75, 3.05) is 10.6 Å². The summed E-state index contributed by atoms with van der Waals surface area (Å²) in [6.45, 7) is 14.3. The predicted octanol–water partition coefficient (Wildman–Crippen LogP) is 17.2. The summed E-state index contributed by atoms with van der Waals surface area (Å²) in [5.74, 6) is -0.196. The SMILES string of the molecule is C.C.C.C.C.CC(C)(C)OC(=O)n1cc(-c2ccc(Nc3ccnc(Cl)n3)nc2)cn1.CC(C)N.CCC.Clc1nccc(Nc2ccc3c(c2)C=NC3)n1.O=C(O)c1cc2ccc(Br)cc2[nH]1.O=C(O)c1cc2ccc(Br)cc2o1. The fourth-order valence-electron chi connectivity index (χ4n) is 6.11. The molecule has 23 heteroatoms. The van der Waals surface area contributed by atoms with Crippen LogP contribution in [0.5, 0.6) is 0 Å². The van der Waals surface area contributed by atoms with Gasteiger partial charge in [0.05, 0.1) is 12.7 Å². The van der Waals surface area contributed by atoms with Gasteiger partial charge in [0.1, 0.15) is 34.3 Å². The largest absolute Gasteiger partial charge is 0.477 e. The maximum Gasteiger partial charge on any atom is 0.435 e. The number of hydrogen-bond donors (Lipinski definition) is 6. The number of carboxylic acid groups (broad SMARTS) is 2. The second-order valence-electron chi connectivity index (χ2n) is 17.4. The van der Waals surface area contributed by atoms with Gasteiger partial charge in [0.2, 0.25) is 16.3 Å². The second-order valence-corrected chi connectivity index (χ2v) is 19.9. The van der Waals surface area contributed by atoms with Crippen molar-refractivity contribution in [3.8, 4) is 11.1 Å². The van der Waals surface area contributed by atoms with Crippen molar-refractivity contribution in [2.24, 2.45) is 10.7 Å². The lowest BCUT2D eigenvalue weighted by Crippen LogP contribution is -2.27. The number of benzene rings is 3. The van der Waals surface area contributed by atoms with E-state index in [0.29, 0.717) is 29.1 Å². The number of aromatic carboxylic acids is 2. The van der Waals surface area contributed by atoms with Gasteiger partial charge >= 0.3 is 18.0 Å². The van der Waals surface area contributed by atoms with Gasteiger partial charge in [-0.15, -0.1) is 0 Å². The zero-order valence-corrected chi connectivity index (χ0v) is 46.9. The average Bonchev–Trinajstić information content (AvgIpc) is 4.20. The van der Waals surface area contributed by atoms with Crippen LogP contribution in [0.4, 0.5) is 27.9 Å². The van der Waals surface area contributed by atoms with E-state index >= 15 is 0 Å². The summed E-state index contributed by atoms with van der Waals surface area (Å²) in [7, 11) is 0. The number of nitrogens with one attached hydrogen (secondary N) is 3. The molecule has 0 unspecified atom stereocenters. The molecule has 7 heterocycles. The standard InChI is InChI=1S/C17H17ClN6O2.C12H9ClN4.C9H6BrNO2.C9H5BrO3.C3H9N.C3H8.5CH4/c1-17(2,3)26-16(25)24-10-12(9-21-24)11-4-5-13(20-8-11)22-14-6-7-19-15(18)23-14;13-12-15-4-3-11(17-12)16-10-2-1-8-6-14-7-9(8)5-10;10-6-2-1-5-3-8(9(12)13)11-7(5)4-6;10-6-2-1-5-3-8(9(11)12)13-7(5)4-6;1-3(2)4;1-3-2;;;;;/h4-10H,1-3H3,(H,19,20,22,23);1-5,7H,6H2,(H,15,16,17);1-4,11H,(H,12,13);1-4H,(H,11,12);3H,4H2,1-2H3;3H2,1-2H3;5*1H4. The van der Waals surface area contributed by atoms with Crippen LogP contribution in [0.2, 0.25) is 10.6 Å². The number of aliphatic imine (C=N–C) groups is 1. The lowest BCUT2D eigenvalue weighted by atomic mass is 10.1. The van der Waals surface area contributed by atoms with E-state index in [2.05, 4.69) is 102 Å². The van der Waals surface area contributed by atoms with Crippen LogP contribution < -0.4 is 16.4 Å². The number of pyridine rings is 1. The molecule has 1 aliphatic rings. The molecule has 6 aromatic heterocycles. The number of ether oxygens (including phenoxy) is 1. The number of nitrogens with two attached hydrogens (primary N) is 1. The zero-order chi connectivity index (χ0) is 55.5. The molecule has 0 fully saturated rings. The fraction of sp³-hybridized carbons (Fsp3) is 0.276. The van der Waals surface area contributed by atoms with Gasteiger partial charge in [0.25, 0.3) is 0 Å². The average molecular weight is 1280 g/mol. The van der Waals surface area contributed by atoms with Crippen LogP contribution in [0.3, 0.4) is 0 Å². The van der Waals surface area contributed by atoms with E-state index in [-0.39, 0.29) is 59.2 Å². The van der Waals surface area contributed by atoms with E-state index in [1.54, 1.807) is 88.2 Å². The Balaban J connectivity index is 0.00000103. The number of nitrogens with zero attached hydrogens (tertiary/aromatic N) is 8. The minimum atomic E-state index is -1.05. The lowest BCUT2D eigenvalue weighted by molar-refractivity contribution is 0.0513. The van der Waals surface area contributed by atoms with Crippen LogP contribution >= 0.6 is 55.1 Å². The molecule has 9 aromatic rings. The van der Waals surface area contributed by atoms with E-state index in [0.717, 1.165) is 58.8 Å². The van der Waals surface area contributed by atoms with Gasteiger partial charge in [-0.25, -0.2) is 39.3 Å². The zero-order valence-electron chi connectivity index (χ0n) is 42.2. The molecule has 0 saturated carbocycles. The quantitative estimate of drug-likeness (QED) is 0.0809. The first kappa shape index (κ1) is 73.4. The first-order valence-electron chi connectivity index (χ1n) is 23.2. The number of rotatable bonds is 7. The molecule has 436 valence electrons. The van der Waals surface area contributed by atoms with Crippen LogP contribution in [0, 0.1) is 0 Å². The van der Waals surface area contributed by atoms with Gasteiger partial charge in [-0.3, -0.25) is 4.99 Å². The molecule has 0 saturated heterocycles. The summed E-state index contributed by atoms with van der Waals surface area (Å²) >= 11 is 18.1. The maximum absolute atomic E-state index is 12.0. The molecular weight excluding hydrogens is 1210 g/mol. The molecule has 10 rings (SSSR count). The highest BCUT2D eigenvalue weighted by Crippen LogP contribution is 2.25. The third kappa shape index (κ3) is 24.4. The number of furan rings is 1. The molecule has 0 amide bonds. The Morgan fingerprint density at radius 2 is 1.35 bits per heavy atom. The number of aromatic nitrogens is 8. The Morgan fingerprint density at radius 3 is 1.90 bits per heavy atom. The number of H-pyrrole nitrogens is 1. The summed E-state index contributed by atoms with van der Waals surface area (Å²) in [6, 6.07) is 27.6. The third-order valence-corrected chi connectivity index (χ3v) is 10.5. The Bertz CT molecular complexity index is 3320. The van der Waals surface area contributed by atoms with Crippen LogP contribution in [0.15, 0.2) is 140 Å². The molecule has 0 spiro atoms. The van der Waals surface area contributed by atoms with E-state index < -0.39 is 23.6 Å². The Labute approximate surface area is 501 Å². The Kier molecular flexibility index (Phi) is 31.9. The highest BCUT2D eigenvalue weighted by molar-refractivity contribution is 9.10. The Morgan fingerprint density at radius 1 is 0.753 bits per heavy atom. The van der Waals surface area contributed by atoms with Gasteiger partial charge in [-0.05, 0) is 140 Å². The van der Waals surface area contributed by atoms with Crippen molar-refractivity contribution in [1.82, 2.24) is 39.7 Å². The molecule has 1 aliphatic heterocycles. The lowest BCUT2D eigenvalue weighted by Gasteiger charge is -2.18. The van der Waals surface area contributed by atoms with Crippen molar-refractivity contribution < 1.29 is 33.8 Å². The number of carbonyl (C=O) groups is 3. The van der Waals surface area contributed by atoms with Crippen LogP contribution in [0.1, 0.15) is 124 Å². The van der Waals surface area contributed by atoms with Gasteiger partial charge < -0.3 is 40.7 Å². The summed E-state index contributed by atoms with van der Waals surface area (Å²) in [4.78, 5) is 60.3. The number of halogens is 4. The van der Waals surface area contributed by atoms with Crippen molar-refractivity contribution >= 4 is 124 Å². The molecule has 7 N–H and O–H groups in total. The fourth-order valence-corrected chi connectivity index (χ4v) is 7.11. The minimum absolute atomic E-state index is 0. The van der Waals surface area contributed by atoms with Crippen LogP contribution in [0.25, 0.3) is 33.0 Å². The number of hydrogen-bond acceptors (Lipinski definition) is 15. The number of aromatic amines is 1. The Hall–Kier alpha value is -7.56. The van der Waals surface area contributed by atoms with Gasteiger partial charge in [0.15, 0.2) is 0 Å². The molecule has 0 bridgehead atoms. The van der Waals surface area contributed by atoms with E-state index in [1.165, 1.54) is 18.1 Å². The minimum Gasteiger partial charge on any atom is -0.477 e. The van der Waals surface area contributed by atoms with E-state index in [1.807, 2.05) is 62.5 Å². The van der Waals surface area contributed by atoms with Gasteiger partial charge in [0, 0.05) is 73.1 Å². The molecule has 3 aromatic carbocycles. The van der Waals surface area contributed by atoms with E-state index in [9.17, 15) is 14.4 Å². The number of carboxylic acids is 2. The van der Waals surface area contributed by atoms with Crippen LogP contribution in [-0.4, -0.2) is 85.8 Å². The number of carbonyl (C=O) groups excluding carboxylic acids is 1. The molecule has 0 radical (unpaired) electrons. The number of anilines is 4. The summed E-state index contributed by atoms with van der Waals surface area (Å²) < 4.78 is 13.3. The molecule has 19 nitrogen and oxygen atoms in total. The van der Waals surface area contributed by atoms with Crippen molar-refractivity contribution in [2.45, 2.75) is 110 Å². The summed E-state index contributed by atoms with van der Waals surface area (Å²) in [6.07, 6.45) is 10.6. The normalized spacial score (nSPS) is 10.3. The van der Waals surface area contributed by atoms with Crippen molar-refractivity contribution in [3.63, 3.8) is 0 Å². The molecule has 81 heavy (non-hydrogen) atoms. The third-order valence-electron chi connectivity index (χ3n) is 9.19. The van der Waals surface area contributed by atoms with Crippen molar-refractivity contribution in [3.05, 3.63) is 164 Å². The topological polar surface area (TPSA) is 275 Å². The molecule has 0 atom stereocenters. The van der Waals surface area contributed by atoms with Crippen molar-refractivity contribution in [1.29, 1.82) is 0 Å². The maximum atomic E-state index is 12.0. The van der Waals surface area contributed by atoms with E-state index in [4.69, 9.17) is 48.3 Å². The highest BCUT2D eigenvalue weighted by Gasteiger charge is 2.19. The van der Waals surface area contributed by atoms with Gasteiger partial charge in [-0.2, -0.15) is 9.78 Å². The van der Waals surface area contributed by atoms with Gasteiger partial charge in [-0.1, -0.05) is 115 Å². The molecular formula is C58H74Br2Cl2N12O7. The van der Waals surface area contributed by atoms with Crippen LogP contribution in [-0.2, 0) is 11.3 Å². The first-order chi connectivity index (χ1) is 36.1. The predicted molar refractivity (Wildman–Crippen MR) is 338 cm³/mol. The second kappa shape index (κ2) is 35.2. The smallest absolute Gasteiger partial charge is 0.435 e. The first-order valence-corrected chi connectivity index (χ1v) is 25.5. The monoisotopic (exact) mass is 1280 g/mol. The summed E-state index contributed by atoms with van der Waals surface area (Å²) in [5.41, 5.74) is 11.1. The highest BCUT2D eigenvalue weighted by atomic mass is 79.9. The number of fused-ring (bicyclic) bond motifs is 3.